The lowest BCUT2D eigenvalue weighted by Gasteiger charge is -2.34. The second-order valence-electron chi connectivity index (χ2n) is 4.52. The largest absolute Gasteiger partial charge is 0.391 e. The van der Waals surface area contributed by atoms with E-state index in [4.69, 9.17) is 11.6 Å². The van der Waals surface area contributed by atoms with Crippen molar-refractivity contribution in [1.82, 2.24) is 5.32 Å². The van der Waals surface area contributed by atoms with Crippen molar-refractivity contribution in [1.29, 1.82) is 0 Å². The first kappa shape index (κ1) is 12.7. The van der Waals surface area contributed by atoms with Gasteiger partial charge < -0.3 is 15.3 Å². The molecule has 3 nitrogen and oxygen atoms in total. The Kier molecular flexibility index (Phi) is 4.26. The maximum Gasteiger partial charge on any atom is 0.0715 e. The Balaban J connectivity index is 2.28. The van der Waals surface area contributed by atoms with Crippen molar-refractivity contribution in [2.45, 2.75) is 25.5 Å². The molecule has 1 aromatic carbocycles. The van der Waals surface area contributed by atoms with Gasteiger partial charge in [-0.05, 0) is 31.5 Å². The van der Waals surface area contributed by atoms with Crippen LogP contribution in [-0.2, 0) is 6.54 Å². The molecule has 17 heavy (non-hydrogen) atoms. The molecule has 0 spiro atoms. The highest BCUT2D eigenvalue weighted by molar-refractivity contribution is 6.33. The van der Waals surface area contributed by atoms with Crippen molar-refractivity contribution in [3.8, 4) is 0 Å². The van der Waals surface area contributed by atoms with E-state index in [1.165, 1.54) is 5.56 Å². The van der Waals surface area contributed by atoms with Gasteiger partial charge in [0.05, 0.1) is 16.8 Å². The van der Waals surface area contributed by atoms with Crippen molar-refractivity contribution < 1.29 is 5.11 Å². The molecule has 2 rings (SSSR count). The number of hydrogen-bond donors (Lipinski definition) is 2. The fourth-order valence-electron chi connectivity index (χ4n) is 2.41. The maximum atomic E-state index is 9.75. The minimum absolute atomic E-state index is 0.234. The maximum absolute atomic E-state index is 9.75. The van der Waals surface area contributed by atoms with Crippen molar-refractivity contribution in [2.75, 3.05) is 25.0 Å². The van der Waals surface area contributed by atoms with Crippen molar-refractivity contribution in [2.24, 2.45) is 0 Å². The molecule has 2 N–H and O–H groups in total. The fourth-order valence-corrected chi connectivity index (χ4v) is 2.72. The van der Waals surface area contributed by atoms with Crippen LogP contribution in [0.1, 0.15) is 18.4 Å². The molecular formula is C13H19ClN2O. The predicted octanol–water partition coefficient (Wildman–Crippen LogP) is 2.02. The van der Waals surface area contributed by atoms with Gasteiger partial charge >= 0.3 is 0 Å². The molecule has 0 bridgehead atoms. The molecule has 1 fully saturated rings. The monoisotopic (exact) mass is 254 g/mol. The molecule has 1 saturated heterocycles. The summed E-state index contributed by atoms with van der Waals surface area (Å²) >= 11 is 6.30. The van der Waals surface area contributed by atoms with E-state index in [2.05, 4.69) is 16.3 Å². The fraction of sp³-hybridized carbons (Fsp3) is 0.538. The average Bonchev–Trinajstić information content (AvgIpc) is 2.29. The van der Waals surface area contributed by atoms with Gasteiger partial charge in [0.1, 0.15) is 0 Å². The van der Waals surface area contributed by atoms with Crippen LogP contribution in [0, 0.1) is 0 Å². The predicted molar refractivity (Wildman–Crippen MR) is 71.7 cm³/mol. The van der Waals surface area contributed by atoms with Crippen LogP contribution in [0.2, 0.25) is 5.02 Å². The van der Waals surface area contributed by atoms with E-state index >= 15 is 0 Å². The van der Waals surface area contributed by atoms with Crippen LogP contribution in [0.15, 0.2) is 18.2 Å². The summed E-state index contributed by atoms with van der Waals surface area (Å²) in [7, 11) is 1.93. The SMILES string of the molecule is CNCc1cccc(Cl)c1N1CCCC(O)C1. The lowest BCUT2D eigenvalue weighted by Crippen LogP contribution is -2.39. The Bertz CT molecular complexity index is 384. The molecule has 0 saturated carbocycles. The van der Waals surface area contributed by atoms with E-state index in [9.17, 15) is 5.11 Å². The van der Waals surface area contributed by atoms with E-state index in [0.29, 0.717) is 6.54 Å². The van der Waals surface area contributed by atoms with E-state index in [-0.39, 0.29) is 6.10 Å². The van der Waals surface area contributed by atoms with E-state index < -0.39 is 0 Å². The highest BCUT2D eigenvalue weighted by Gasteiger charge is 2.21. The number of rotatable bonds is 3. The summed E-state index contributed by atoms with van der Waals surface area (Å²) < 4.78 is 0. The van der Waals surface area contributed by atoms with E-state index in [1.54, 1.807) is 0 Å². The summed E-state index contributed by atoms with van der Waals surface area (Å²) in [5.41, 5.74) is 2.26. The van der Waals surface area contributed by atoms with Gasteiger partial charge in [-0.25, -0.2) is 0 Å². The number of benzene rings is 1. The van der Waals surface area contributed by atoms with Crippen molar-refractivity contribution >= 4 is 17.3 Å². The second kappa shape index (κ2) is 5.71. The summed E-state index contributed by atoms with van der Waals surface area (Å²) in [5, 5.41) is 13.7. The van der Waals surface area contributed by atoms with Gasteiger partial charge in [0, 0.05) is 19.6 Å². The van der Waals surface area contributed by atoms with Gasteiger partial charge in [0.15, 0.2) is 0 Å². The molecule has 0 aliphatic carbocycles. The molecule has 0 amide bonds. The number of β-amino-alcohol motifs (C(OH)–C–C–N with tert-alkyl or cyclic N) is 1. The zero-order valence-electron chi connectivity index (χ0n) is 10.1. The Hall–Kier alpha value is -0.770. The molecule has 1 unspecified atom stereocenters. The third kappa shape index (κ3) is 2.92. The Labute approximate surface area is 107 Å². The van der Waals surface area contributed by atoms with Gasteiger partial charge in [-0.3, -0.25) is 0 Å². The molecule has 0 aromatic heterocycles. The summed E-state index contributed by atoms with van der Waals surface area (Å²) in [6, 6.07) is 5.97. The van der Waals surface area contributed by atoms with Crippen LogP contribution in [0.4, 0.5) is 5.69 Å². The summed E-state index contributed by atoms with van der Waals surface area (Å²) in [6.07, 6.45) is 1.68. The zero-order valence-corrected chi connectivity index (χ0v) is 10.9. The number of anilines is 1. The normalized spacial score (nSPS) is 20.6. The molecule has 1 atom stereocenters. The number of aliphatic hydroxyl groups is 1. The topological polar surface area (TPSA) is 35.5 Å². The molecule has 1 aromatic rings. The third-order valence-corrected chi connectivity index (χ3v) is 3.46. The third-order valence-electron chi connectivity index (χ3n) is 3.15. The molecule has 1 aliphatic heterocycles. The Morgan fingerprint density at radius 2 is 2.35 bits per heavy atom. The highest BCUT2D eigenvalue weighted by Crippen LogP contribution is 2.32. The lowest BCUT2D eigenvalue weighted by atomic mass is 10.1. The zero-order chi connectivity index (χ0) is 12.3. The van der Waals surface area contributed by atoms with Gasteiger partial charge in [-0.2, -0.15) is 0 Å². The first-order chi connectivity index (χ1) is 8.22. The summed E-state index contributed by atoms with van der Waals surface area (Å²) in [6.45, 7) is 2.44. The Morgan fingerprint density at radius 3 is 3.06 bits per heavy atom. The van der Waals surface area contributed by atoms with Gasteiger partial charge in [-0.15, -0.1) is 0 Å². The summed E-state index contributed by atoms with van der Waals surface area (Å²) in [5.74, 6) is 0. The number of halogens is 1. The number of nitrogens with one attached hydrogen (secondary N) is 1. The quantitative estimate of drug-likeness (QED) is 0.866. The number of para-hydroxylation sites is 1. The Morgan fingerprint density at radius 1 is 1.53 bits per heavy atom. The van der Waals surface area contributed by atoms with Crippen molar-refractivity contribution in [3.05, 3.63) is 28.8 Å². The smallest absolute Gasteiger partial charge is 0.0715 e. The molecule has 0 radical (unpaired) electrons. The highest BCUT2D eigenvalue weighted by atomic mass is 35.5. The van der Waals surface area contributed by atoms with Crippen LogP contribution in [0.25, 0.3) is 0 Å². The minimum Gasteiger partial charge on any atom is -0.391 e. The minimum atomic E-state index is -0.234. The van der Waals surface area contributed by atoms with Gasteiger partial charge in [0.2, 0.25) is 0 Å². The molecule has 1 aliphatic rings. The number of aliphatic hydroxyl groups excluding tert-OH is 1. The van der Waals surface area contributed by atoms with Crippen LogP contribution < -0.4 is 10.2 Å². The second-order valence-corrected chi connectivity index (χ2v) is 4.93. The van der Waals surface area contributed by atoms with Crippen LogP contribution >= 0.6 is 11.6 Å². The molecule has 4 heteroatoms. The first-order valence-corrected chi connectivity index (χ1v) is 6.45. The van der Waals surface area contributed by atoms with Crippen LogP contribution in [0.3, 0.4) is 0 Å². The van der Waals surface area contributed by atoms with Crippen molar-refractivity contribution in [3.63, 3.8) is 0 Å². The van der Waals surface area contributed by atoms with Gasteiger partial charge in [0.25, 0.3) is 0 Å². The standard InChI is InChI=1S/C13H19ClN2O/c1-15-8-10-4-2-6-12(14)13(10)16-7-3-5-11(17)9-16/h2,4,6,11,15,17H,3,5,7-9H2,1H3. The lowest BCUT2D eigenvalue weighted by molar-refractivity contribution is 0.154. The van der Waals surface area contributed by atoms with Gasteiger partial charge in [-0.1, -0.05) is 23.7 Å². The number of nitrogens with zero attached hydrogens (tertiary/aromatic N) is 1. The molecule has 94 valence electrons. The molecular weight excluding hydrogens is 236 g/mol. The molecule has 1 heterocycles. The van der Waals surface area contributed by atoms with E-state index in [1.807, 2.05) is 19.2 Å². The van der Waals surface area contributed by atoms with Crippen LogP contribution in [-0.4, -0.2) is 31.3 Å². The van der Waals surface area contributed by atoms with Crippen LogP contribution in [0.5, 0.6) is 0 Å². The average molecular weight is 255 g/mol. The number of hydrogen-bond acceptors (Lipinski definition) is 3. The first-order valence-electron chi connectivity index (χ1n) is 6.07. The summed E-state index contributed by atoms with van der Waals surface area (Å²) in [4.78, 5) is 2.20. The number of piperidine rings is 1. The van der Waals surface area contributed by atoms with E-state index in [0.717, 1.165) is 36.6 Å².